The second kappa shape index (κ2) is 5.69. The first kappa shape index (κ1) is 13.3. The van der Waals surface area contributed by atoms with Gasteiger partial charge in [-0.05, 0) is 17.5 Å². The number of hydrogen-bond donors (Lipinski definition) is 2. The Morgan fingerprint density at radius 2 is 1.84 bits per heavy atom. The summed E-state index contributed by atoms with van der Waals surface area (Å²) < 4.78 is 26.4. The Morgan fingerprint density at radius 3 is 2.53 bits per heavy atom. The van der Waals surface area contributed by atoms with Crippen LogP contribution in [-0.4, -0.2) is 6.54 Å². The molecule has 0 aliphatic carbocycles. The second-order valence-electron chi connectivity index (χ2n) is 4.54. The number of hydrogen-bond acceptors (Lipinski definition) is 2. The van der Waals surface area contributed by atoms with E-state index in [9.17, 15) is 8.78 Å². The smallest absolute Gasteiger partial charge is 0.151 e. The third kappa shape index (κ3) is 3.22. The fourth-order valence-corrected chi connectivity index (χ4v) is 1.89. The SMILES string of the molecule is CC(CNc1cc(F)cc(F)c1N)c1ccccc1. The predicted molar refractivity (Wildman–Crippen MR) is 74.1 cm³/mol. The molecule has 2 nitrogen and oxygen atoms in total. The Balaban J connectivity index is 2.07. The molecule has 0 saturated heterocycles. The Hall–Kier alpha value is -2.10. The summed E-state index contributed by atoms with van der Waals surface area (Å²) in [6.07, 6.45) is 0. The average molecular weight is 262 g/mol. The zero-order valence-electron chi connectivity index (χ0n) is 10.7. The Bertz CT molecular complexity index is 556. The lowest BCUT2D eigenvalue weighted by atomic mass is 10.0. The summed E-state index contributed by atoms with van der Waals surface area (Å²) in [6, 6.07) is 11.9. The van der Waals surface area contributed by atoms with Crippen molar-refractivity contribution in [2.75, 3.05) is 17.6 Å². The zero-order chi connectivity index (χ0) is 13.8. The second-order valence-corrected chi connectivity index (χ2v) is 4.54. The van der Waals surface area contributed by atoms with Gasteiger partial charge in [0.2, 0.25) is 0 Å². The maximum atomic E-state index is 13.3. The van der Waals surface area contributed by atoms with Gasteiger partial charge in [-0.3, -0.25) is 0 Å². The zero-order valence-corrected chi connectivity index (χ0v) is 10.7. The number of nitrogen functional groups attached to an aromatic ring is 1. The molecule has 0 aliphatic heterocycles. The molecule has 0 bridgehead atoms. The molecule has 19 heavy (non-hydrogen) atoms. The third-order valence-corrected chi connectivity index (χ3v) is 3.06. The first-order chi connectivity index (χ1) is 9.08. The molecule has 0 aliphatic rings. The summed E-state index contributed by atoms with van der Waals surface area (Å²) in [5, 5.41) is 2.99. The molecule has 0 amide bonds. The van der Waals surface area contributed by atoms with E-state index in [1.54, 1.807) is 0 Å². The Morgan fingerprint density at radius 1 is 1.16 bits per heavy atom. The molecule has 0 aromatic heterocycles. The summed E-state index contributed by atoms with van der Waals surface area (Å²) in [6.45, 7) is 2.59. The molecule has 2 aromatic rings. The molecule has 1 unspecified atom stereocenters. The van der Waals surface area contributed by atoms with Crippen LogP contribution in [0, 0.1) is 11.6 Å². The molecule has 0 spiro atoms. The van der Waals surface area contributed by atoms with Crippen molar-refractivity contribution in [2.24, 2.45) is 0 Å². The molecule has 3 N–H and O–H groups in total. The summed E-state index contributed by atoms with van der Waals surface area (Å²) in [5.74, 6) is -1.16. The monoisotopic (exact) mass is 262 g/mol. The highest BCUT2D eigenvalue weighted by atomic mass is 19.1. The van der Waals surface area contributed by atoms with E-state index in [1.165, 1.54) is 6.07 Å². The van der Waals surface area contributed by atoms with E-state index >= 15 is 0 Å². The minimum absolute atomic E-state index is 0.0540. The van der Waals surface area contributed by atoms with Crippen LogP contribution >= 0.6 is 0 Å². The number of benzene rings is 2. The van der Waals surface area contributed by atoms with Gasteiger partial charge in [-0.2, -0.15) is 0 Å². The van der Waals surface area contributed by atoms with Gasteiger partial charge in [0, 0.05) is 12.6 Å². The van der Waals surface area contributed by atoms with Gasteiger partial charge in [0.25, 0.3) is 0 Å². The molecule has 0 radical (unpaired) electrons. The van der Waals surface area contributed by atoms with Crippen LogP contribution in [0.1, 0.15) is 18.4 Å². The van der Waals surface area contributed by atoms with Crippen molar-refractivity contribution < 1.29 is 8.78 Å². The van der Waals surface area contributed by atoms with E-state index in [0.29, 0.717) is 12.2 Å². The first-order valence-electron chi connectivity index (χ1n) is 6.11. The molecule has 0 fully saturated rings. The van der Waals surface area contributed by atoms with Crippen molar-refractivity contribution >= 4 is 11.4 Å². The standard InChI is InChI=1S/C15H16F2N2/c1-10(11-5-3-2-4-6-11)9-19-14-8-12(16)7-13(17)15(14)18/h2-8,10,19H,9,18H2,1H3. The van der Waals surface area contributed by atoms with E-state index in [-0.39, 0.29) is 11.6 Å². The Kier molecular flexibility index (Phi) is 4.00. The summed E-state index contributed by atoms with van der Waals surface area (Å²) in [7, 11) is 0. The van der Waals surface area contributed by atoms with Gasteiger partial charge in [-0.25, -0.2) is 8.78 Å². The summed E-state index contributed by atoms with van der Waals surface area (Å²) >= 11 is 0. The van der Waals surface area contributed by atoms with Crippen molar-refractivity contribution in [3.8, 4) is 0 Å². The minimum Gasteiger partial charge on any atom is -0.395 e. The topological polar surface area (TPSA) is 38.0 Å². The number of nitrogens with two attached hydrogens (primary N) is 1. The van der Waals surface area contributed by atoms with Crippen molar-refractivity contribution in [1.82, 2.24) is 0 Å². The maximum absolute atomic E-state index is 13.3. The molecule has 100 valence electrons. The molecule has 1 atom stereocenters. The molecule has 0 heterocycles. The lowest BCUT2D eigenvalue weighted by Gasteiger charge is -2.15. The van der Waals surface area contributed by atoms with Crippen LogP contribution in [0.4, 0.5) is 20.2 Å². The predicted octanol–water partition coefficient (Wildman–Crippen LogP) is 3.76. The average Bonchev–Trinajstić information content (AvgIpc) is 2.41. The lowest BCUT2D eigenvalue weighted by molar-refractivity contribution is 0.587. The Labute approximate surface area is 111 Å². The lowest BCUT2D eigenvalue weighted by Crippen LogP contribution is -2.12. The van der Waals surface area contributed by atoms with Gasteiger partial charge in [0.15, 0.2) is 5.82 Å². The van der Waals surface area contributed by atoms with E-state index in [1.807, 2.05) is 37.3 Å². The molecular weight excluding hydrogens is 246 g/mol. The van der Waals surface area contributed by atoms with Crippen LogP contribution in [0.25, 0.3) is 0 Å². The van der Waals surface area contributed by atoms with E-state index < -0.39 is 11.6 Å². The molecule has 4 heteroatoms. The van der Waals surface area contributed by atoms with Crippen molar-refractivity contribution in [1.29, 1.82) is 0 Å². The fraction of sp³-hybridized carbons (Fsp3) is 0.200. The van der Waals surface area contributed by atoms with Crippen LogP contribution in [0.5, 0.6) is 0 Å². The van der Waals surface area contributed by atoms with Crippen LogP contribution in [0.15, 0.2) is 42.5 Å². The number of rotatable bonds is 4. The highest BCUT2D eigenvalue weighted by Crippen LogP contribution is 2.24. The number of anilines is 2. The largest absolute Gasteiger partial charge is 0.395 e. The highest BCUT2D eigenvalue weighted by molar-refractivity contribution is 5.66. The van der Waals surface area contributed by atoms with Crippen LogP contribution in [-0.2, 0) is 0 Å². The van der Waals surface area contributed by atoms with Crippen molar-refractivity contribution in [3.05, 3.63) is 59.7 Å². The van der Waals surface area contributed by atoms with E-state index in [2.05, 4.69) is 5.32 Å². The first-order valence-corrected chi connectivity index (χ1v) is 6.11. The van der Waals surface area contributed by atoms with Gasteiger partial charge in [-0.1, -0.05) is 37.3 Å². The number of nitrogens with one attached hydrogen (secondary N) is 1. The minimum atomic E-state index is -0.741. The summed E-state index contributed by atoms with van der Waals surface area (Å²) in [4.78, 5) is 0. The van der Waals surface area contributed by atoms with Crippen LogP contribution in [0.2, 0.25) is 0 Å². The van der Waals surface area contributed by atoms with E-state index in [4.69, 9.17) is 5.73 Å². The molecule has 0 saturated carbocycles. The highest BCUT2D eigenvalue weighted by Gasteiger charge is 2.10. The molecule has 2 rings (SSSR count). The quantitative estimate of drug-likeness (QED) is 0.823. The maximum Gasteiger partial charge on any atom is 0.151 e. The van der Waals surface area contributed by atoms with Gasteiger partial charge in [0.1, 0.15) is 5.82 Å². The molecular formula is C15H16F2N2. The van der Waals surface area contributed by atoms with Gasteiger partial charge < -0.3 is 11.1 Å². The van der Waals surface area contributed by atoms with Gasteiger partial charge >= 0.3 is 0 Å². The van der Waals surface area contributed by atoms with Crippen molar-refractivity contribution in [3.63, 3.8) is 0 Å². The van der Waals surface area contributed by atoms with Crippen LogP contribution in [0.3, 0.4) is 0 Å². The number of halogens is 2. The summed E-state index contributed by atoms with van der Waals surface area (Å²) in [5.41, 5.74) is 6.97. The van der Waals surface area contributed by atoms with Crippen molar-refractivity contribution in [2.45, 2.75) is 12.8 Å². The van der Waals surface area contributed by atoms with Crippen LogP contribution < -0.4 is 11.1 Å². The van der Waals surface area contributed by atoms with Gasteiger partial charge in [-0.15, -0.1) is 0 Å². The van der Waals surface area contributed by atoms with Gasteiger partial charge in [0.05, 0.1) is 11.4 Å². The van der Waals surface area contributed by atoms with E-state index in [0.717, 1.165) is 11.6 Å². The fourth-order valence-electron chi connectivity index (χ4n) is 1.89. The third-order valence-electron chi connectivity index (χ3n) is 3.06. The normalized spacial score (nSPS) is 12.2. The molecule has 2 aromatic carbocycles.